The lowest BCUT2D eigenvalue weighted by molar-refractivity contribution is -0.125. The monoisotopic (exact) mass is 538 g/mol. The molecule has 5 rings (SSSR count). The van der Waals surface area contributed by atoms with Gasteiger partial charge in [0.05, 0.1) is 6.61 Å². The van der Waals surface area contributed by atoms with Gasteiger partial charge in [0.1, 0.15) is 5.75 Å². The average Bonchev–Trinajstić information content (AvgIpc) is 3.03. The average molecular weight is 539 g/mol. The van der Waals surface area contributed by atoms with Crippen LogP contribution < -0.4 is 15.0 Å². The van der Waals surface area contributed by atoms with E-state index >= 15 is 0 Å². The van der Waals surface area contributed by atoms with E-state index in [2.05, 4.69) is 82.6 Å². The predicted octanol–water partition coefficient (Wildman–Crippen LogP) is 6.40. The molecule has 1 unspecified atom stereocenters. The summed E-state index contributed by atoms with van der Waals surface area (Å²) in [4.78, 5) is 24.2. The van der Waals surface area contributed by atoms with E-state index in [4.69, 9.17) is 4.74 Å². The molecule has 2 aliphatic rings. The van der Waals surface area contributed by atoms with Gasteiger partial charge < -0.3 is 15.0 Å². The number of piperidine rings is 1. The normalized spacial score (nSPS) is 17.8. The third-order valence-corrected chi connectivity index (χ3v) is 8.44. The summed E-state index contributed by atoms with van der Waals surface area (Å²) < 4.78 is 6.17. The van der Waals surface area contributed by atoms with Crippen LogP contribution in [0.15, 0.2) is 67.0 Å². The number of benzene rings is 2. The Kier molecular flexibility index (Phi) is 9.48. The van der Waals surface area contributed by atoms with Crippen molar-refractivity contribution in [1.29, 1.82) is 0 Å². The minimum Gasteiger partial charge on any atom is -0.493 e. The molecule has 1 N–H and O–H groups in total. The number of nitrogens with one attached hydrogen (secondary N) is 1. The van der Waals surface area contributed by atoms with Crippen LogP contribution in [0.2, 0.25) is 0 Å². The number of allylic oxidation sites excluding steroid dienone is 2. The van der Waals surface area contributed by atoms with Gasteiger partial charge in [-0.1, -0.05) is 56.3 Å². The fourth-order valence-electron chi connectivity index (χ4n) is 5.71. The largest absolute Gasteiger partial charge is 0.493 e. The molecule has 6 nitrogen and oxygen atoms in total. The minimum absolute atomic E-state index is 0.0498. The van der Waals surface area contributed by atoms with E-state index < -0.39 is 0 Å². The Labute approximate surface area is 238 Å². The van der Waals surface area contributed by atoms with Crippen molar-refractivity contribution in [1.82, 2.24) is 15.3 Å². The lowest BCUT2D eigenvalue weighted by atomic mass is 9.86. The standard InChI is InChI=1S/C34H42N4O2/c1-3-25-21-36-34(37-22-25)38-19-17-26(18-20-38)24-40-32-15-13-29(14-16-32)28-9-11-30(12-10-28)33(39)35-23-31-8-6-5-7-27(31)4-2/h5-9,13-16,21-22,26,30H,3-4,10-12,17-20,23-24H2,1-2H3,(H,35,39). The molecule has 1 fully saturated rings. The summed E-state index contributed by atoms with van der Waals surface area (Å²) in [7, 11) is 0. The maximum Gasteiger partial charge on any atom is 0.225 e. The number of rotatable bonds is 10. The number of nitrogens with zero attached hydrogens (tertiary/aromatic N) is 3. The third kappa shape index (κ3) is 7.09. The fourth-order valence-corrected chi connectivity index (χ4v) is 5.71. The second kappa shape index (κ2) is 13.6. The first-order valence-corrected chi connectivity index (χ1v) is 15.0. The zero-order valence-corrected chi connectivity index (χ0v) is 23.9. The maximum atomic E-state index is 12.8. The van der Waals surface area contributed by atoms with Crippen molar-refractivity contribution < 1.29 is 9.53 Å². The van der Waals surface area contributed by atoms with Crippen molar-refractivity contribution >= 4 is 17.4 Å². The summed E-state index contributed by atoms with van der Waals surface area (Å²) in [5.41, 5.74) is 6.24. The summed E-state index contributed by atoms with van der Waals surface area (Å²) in [6.45, 7) is 7.57. The molecule has 40 heavy (non-hydrogen) atoms. The highest BCUT2D eigenvalue weighted by molar-refractivity contribution is 5.80. The first-order chi connectivity index (χ1) is 19.6. The van der Waals surface area contributed by atoms with Crippen LogP contribution in [0.3, 0.4) is 0 Å². The molecule has 6 heteroatoms. The lowest BCUT2D eigenvalue weighted by Gasteiger charge is -2.31. The van der Waals surface area contributed by atoms with E-state index in [-0.39, 0.29) is 11.8 Å². The molecule has 1 atom stereocenters. The summed E-state index contributed by atoms with van der Waals surface area (Å²) in [6.07, 6.45) is 12.8. The third-order valence-electron chi connectivity index (χ3n) is 8.44. The van der Waals surface area contributed by atoms with Gasteiger partial charge in [-0.2, -0.15) is 0 Å². The molecule has 1 aromatic heterocycles. The Morgan fingerprint density at radius 3 is 2.33 bits per heavy atom. The Bertz CT molecular complexity index is 1280. The van der Waals surface area contributed by atoms with Crippen LogP contribution in [-0.2, 0) is 24.2 Å². The zero-order valence-electron chi connectivity index (χ0n) is 23.9. The number of anilines is 1. The summed E-state index contributed by atoms with van der Waals surface area (Å²) in [5, 5.41) is 3.17. The molecule has 2 aromatic carbocycles. The van der Waals surface area contributed by atoms with Gasteiger partial charge in [0.15, 0.2) is 0 Å². The topological polar surface area (TPSA) is 67.4 Å². The number of carbonyl (C=O) groups excluding carboxylic acids is 1. The van der Waals surface area contributed by atoms with Crippen LogP contribution in [-0.4, -0.2) is 35.6 Å². The second-order valence-electron chi connectivity index (χ2n) is 11.1. The molecule has 1 aliphatic carbocycles. The van der Waals surface area contributed by atoms with Crippen LogP contribution in [0.1, 0.15) is 68.2 Å². The van der Waals surface area contributed by atoms with Crippen LogP contribution in [0.4, 0.5) is 5.95 Å². The van der Waals surface area contributed by atoms with E-state index in [0.29, 0.717) is 12.5 Å². The molecule has 210 valence electrons. The Hall–Kier alpha value is -3.67. The number of hydrogen-bond acceptors (Lipinski definition) is 5. The molecule has 3 aromatic rings. The first-order valence-electron chi connectivity index (χ1n) is 15.0. The van der Waals surface area contributed by atoms with Crippen molar-refractivity contribution in [3.05, 3.63) is 89.3 Å². The summed E-state index contributed by atoms with van der Waals surface area (Å²) in [5.74, 6) is 2.52. The van der Waals surface area contributed by atoms with E-state index in [0.717, 1.165) is 76.3 Å². The van der Waals surface area contributed by atoms with E-state index in [1.54, 1.807) is 0 Å². The molecule has 1 aliphatic heterocycles. The molecule has 2 heterocycles. The highest BCUT2D eigenvalue weighted by Gasteiger charge is 2.23. The molecule has 0 spiro atoms. The van der Waals surface area contributed by atoms with E-state index in [9.17, 15) is 4.79 Å². The second-order valence-corrected chi connectivity index (χ2v) is 11.1. The molecule has 1 saturated heterocycles. The predicted molar refractivity (Wildman–Crippen MR) is 161 cm³/mol. The van der Waals surface area contributed by atoms with Gasteiger partial charge in [-0.25, -0.2) is 9.97 Å². The lowest BCUT2D eigenvalue weighted by Crippen LogP contribution is -2.36. The summed E-state index contributed by atoms with van der Waals surface area (Å²) >= 11 is 0. The number of hydrogen-bond donors (Lipinski definition) is 1. The first kappa shape index (κ1) is 27.9. The number of aryl methyl sites for hydroxylation is 2. The Morgan fingerprint density at radius 2 is 1.68 bits per heavy atom. The molecule has 0 saturated carbocycles. The van der Waals surface area contributed by atoms with Gasteiger partial charge in [0.2, 0.25) is 11.9 Å². The van der Waals surface area contributed by atoms with Crippen LogP contribution >= 0.6 is 0 Å². The van der Waals surface area contributed by atoms with Crippen molar-refractivity contribution in [2.24, 2.45) is 11.8 Å². The SMILES string of the molecule is CCc1cnc(N2CCC(COc3ccc(C4=CCC(C(=O)NCc5ccccc5CC)CC4)cc3)CC2)nc1. The highest BCUT2D eigenvalue weighted by Crippen LogP contribution is 2.31. The summed E-state index contributed by atoms with van der Waals surface area (Å²) in [6, 6.07) is 16.8. The van der Waals surface area contributed by atoms with Gasteiger partial charge >= 0.3 is 0 Å². The fraction of sp³-hybridized carbons (Fsp3) is 0.441. The minimum atomic E-state index is 0.0498. The number of carbonyl (C=O) groups is 1. The van der Waals surface area contributed by atoms with Gasteiger partial charge in [-0.15, -0.1) is 0 Å². The molecular weight excluding hydrogens is 496 g/mol. The number of ether oxygens (including phenoxy) is 1. The molecular formula is C34H42N4O2. The Morgan fingerprint density at radius 1 is 0.950 bits per heavy atom. The quantitative estimate of drug-likeness (QED) is 0.324. The van der Waals surface area contributed by atoms with Crippen molar-refractivity contribution in [2.45, 2.75) is 65.3 Å². The van der Waals surface area contributed by atoms with Gasteiger partial charge in [0.25, 0.3) is 0 Å². The van der Waals surface area contributed by atoms with Crippen LogP contribution in [0.5, 0.6) is 5.75 Å². The van der Waals surface area contributed by atoms with Crippen molar-refractivity contribution in [3.8, 4) is 5.75 Å². The van der Waals surface area contributed by atoms with Crippen LogP contribution in [0, 0.1) is 11.8 Å². The van der Waals surface area contributed by atoms with Crippen molar-refractivity contribution in [2.75, 3.05) is 24.6 Å². The number of amides is 1. The van der Waals surface area contributed by atoms with Crippen molar-refractivity contribution in [3.63, 3.8) is 0 Å². The van der Waals surface area contributed by atoms with E-state index in [1.807, 2.05) is 18.5 Å². The van der Waals surface area contributed by atoms with Gasteiger partial charge in [0, 0.05) is 37.9 Å². The molecule has 0 bridgehead atoms. The number of aromatic nitrogens is 2. The van der Waals surface area contributed by atoms with Gasteiger partial charge in [-0.3, -0.25) is 4.79 Å². The maximum absolute atomic E-state index is 12.8. The Balaban J connectivity index is 1.05. The highest BCUT2D eigenvalue weighted by atomic mass is 16.5. The zero-order chi connectivity index (χ0) is 27.7. The van der Waals surface area contributed by atoms with Crippen LogP contribution in [0.25, 0.3) is 5.57 Å². The van der Waals surface area contributed by atoms with E-state index in [1.165, 1.54) is 27.8 Å². The molecule has 0 radical (unpaired) electrons. The van der Waals surface area contributed by atoms with Gasteiger partial charge in [-0.05, 0) is 90.8 Å². The smallest absolute Gasteiger partial charge is 0.225 e. The molecule has 1 amide bonds.